The van der Waals surface area contributed by atoms with Gasteiger partial charge in [-0.15, -0.1) is 0 Å². The summed E-state index contributed by atoms with van der Waals surface area (Å²) in [7, 11) is -3.93. The summed E-state index contributed by atoms with van der Waals surface area (Å²) in [6.07, 6.45) is 10.1. The van der Waals surface area contributed by atoms with Crippen LogP contribution < -0.4 is 15.4 Å². The number of sulfonamides is 1. The minimum atomic E-state index is -3.93. The second kappa shape index (κ2) is 12.4. The minimum absolute atomic E-state index is 0.102. The van der Waals surface area contributed by atoms with E-state index < -0.39 is 22.1 Å². The van der Waals surface area contributed by atoms with Crippen LogP contribution in [0.5, 0.6) is 5.75 Å². The van der Waals surface area contributed by atoms with Gasteiger partial charge in [-0.25, -0.2) is 13.1 Å². The van der Waals surface area contributed by atoms with Crippen molar-refractivity contribution >= 4 is 38.7 Å². The molecule has 2 aliphatic carbocycles. The van der Waals surface area contributed by atoms with Crippen molar-refractivity contribution < 1.29 is 23.1 Å². The van der Waals surface area contributed by atoms with Crippen molar-refractivity contribution in [2.45, 2.75) is 56.0 Å². The summed E-state index contributed by atoms with van der Waals surface area (Å²) in [6, 6.07) is 12.2. The van der Waals surface area contributed by atoms with Crippen LogP contribution in [0.1, 0.15) is 83.9 Å². The van der Waals surface area contributed by atoms with Crippen LogP contribution in [0.4, 0.5) is 0 Å². The number of nitrogens with one attached hydrogen (secondary N) is 3. The first-order chi connectivity index (χ1) is 21.6. The maximum atomic E-state index is 13.8. The van der Waals surface area contributed by atoms with Crippen LogP contribution in [0.15, 0.2) is 78.1 Å². The number of hydrogen-bond donors (Lipinski definition) is 4. The fraction of sp³-hybridized carbons (Fsp3) is 0.294. The Hall–Kier alpha value is -4.61. The Morgan fingerprint density at radius 3 is 2.49 bits per heavy atom. The molecule has 0 saturated heterocycles. The zero-order chi connectivity index (χ0) is 31.7. The molecule has 2 heterocycles. The largest absolute Gasteiger partial charge is 0.508 e. The molecule has 6 rings (SSSR count). The Morgan fingerprint density at radius 2 is 1.80 bits per heavy atom. The molecule has 0 radical (unpaired) electrons. The molecular formula is C34H35N5O5S. The van der Waals surface area contributed by atoms with Gasteiger partial charge in [-0.2, -0.15) is 0 Å². The summed E-state index contributed by atoms with van der Waals surface area (Å²) in [5.74, 6) is -0.185. The first-order valence-electron chi connectivity index (χ1n) is 15.0. The van der Waals surface area contributed by atoms with Gasteiger partial charge >= 0.3 is 0 Å². The number of amides is 2. The molecule has 232 valence electrons. The average molecular weight is 626 g/mol. The second-order valence-corrected chi connectivity index (χ2v) is 13.8. The van der Waals surface area contributed by atoms with Gasteiger partial charge in [-0.05, 0) is 84.3 Å². The number of fused-ring (bicyclic) bond motifs is 3. The molecule has 2 amide bonds. The third-order valence-corrected chi connectivity index (χ3v) is 9.57. The van der Waals surface area contributed by atoms with E-state index in [9.17, 15) is 23.1 Å². The molecule has 0 bridgehead atoms. The lowest BCUT2D eigenvalue weighted by atomic mass is 9.98. The van der Waals surface area contributed by atoms with Crippen LogP contribution in [-0.4, -0.2) is 41.9 Å². The van der Waals surface area contributed by atoms with Gasteiger partial charge in [0, 0.05) is 53.6 Å². The molecular weight excluding hydrogens is 590 g/mol. The molecule has 2 atom stereocenters. The van der Waals surface area contributed by atoms with Gasteiger partial charge in [0.2, 0.25) is 15.9 Å². The van der Waals surface area contributed by atoms with Crippen molar-refractivity contribution in [3.8, 4) is 5.75 Å². The molecule has 11 heteroatoms. The van der Waals surface area contributed by atoms with E-state index in [1.165, 1.54) is 24.4 Å². The third-order valence-electron chi connectivity index (χ3n) is 8.11. The summed E-state index contributed by atoms with van der Waals surface area (Å²) in [4.78, 5) is 35.3. The lowest BCUT2D eigenvalue weighted by molar-refractivity contribution is -0.117. The van der Waals surface area contributed by atoms with E-state index in [4.69, 9.17) is 4.98 Å². The molecule has 1 saturated carbocycles. The molecule has 45 heavy (non-hydrogen) atoms. The van der Waals surface area contributed by atoms with Gasteiger partial charge in [-0.3, -0.25) is 19.6 Å². The zero-order valence-electron chi connectivity index (χ0n) is 25.0. The van der Waals surface area contributed by atoms with Crippen molar-refractivity contribution in [1.82, 2.24) is 25.3 Å². The monoisotopic (exact) mass is 625 g/mol. The highest BCUT2D eigenvalue weighted by atomic mass is 32.2. The van der Waals surface area contributed by atoms with Crippen molar-refractivity contribution in [3.63, 3.8) is 0 Å². The van der Waals surface area contributed by atoms with E-state index in [1.807, 2.05) is 19.9 Å². The quantitative estimate of drug-likeness (QED) is 0.183. The van der Waals surface area contributed by atoms with Crippen LogP contribution in [-0.2, 0) is 14.8 Å². The molecule has 0 unspecified atom stereocenters. The molecule has 10 nitrogen and oxygen atoms in total. The molecule has 2 aliphatic rings. The Morgan fingerprint density at radius 1 is 1.02 bits per heavy atom. The normalized spacial score (nSPS) is 17.9. The standard InChI is InChI=1S/C34H35N5O5S/c1-20(2)17-37-45(43,44)31-15-26-29(39-34(42)23-4-3-13-35-18-23)16-30(38-32(41)12-7-21-5-10-24(40)11-6-21)33(26)27-19-36-28(14-25(27)31)22-8-9-22/h3-7,10-15,18-20,22,29-30,37,40H,8-9,16-17H2,1-2H3,(H,38,41)(H,39,42)/b12-7+/t29-,30-/m1/s1. The highest BCUT2D eigenvalue weighted by molar-refractivity contribution is 7.89. The summed E-state index contributed by atoms with van der Waals surface area (Å²) < 4.78 is 30.3. The van der Waals surface area contributed by atoms with E-state index in [1.54, 1.807) is 48.8 Å². The molecule has 0 spiro atoms. The number of hydrogen-bond acceptors (Lipinski definition) is 7. The van der Waals surface area contributed by atoms with Crippen LogP contribution in [0.2, 0.25) is 0 Å². The predicted octanol–water partition coefficient (Wildman–Crippen LogP) is 4.89. The second-order valence-electron chi connectivity index (χ2n) is 12.0. The Bertz CT molecular complexity index is 1890. The van der Waals surface area contributed by atoms with Crippen LogP contribution in [0.3, 0.4) is 0 Å². The van der Waals surface area contributed by atoms with Crippen molar-refractivity contribution in [3.05, 3.63) is 101 Å². The number of phenolic OH excluding ortho intramolecular Hbond substituents is 1. The number of carbonyl (C=O) groups excluding carboxylic acids is 2. The van der Waals surface area contributed by atoms with Crippen LogP contribution in [0, 0.1) is 5.92 Å². The van der Waals surface area contributed by atoms with Crippen molar-refractivity contribution in [2.24, 2.45) is 5.92 Å². The molecule has 0 aliphatic heterocycles. The number of pyridine rings is 2. The van der Waals surface area contributed by atoms with Gasteiger partial charge in [0.25, 0.3) is 5.91 Å². The first kappa shape index (κ1) is 30.4. The minimum Gasteiger partial charge on any atom is -0.508 e. The molecule has 1 fully saturated rings. The fourth-order valence-electron chi connectivity index (χ4n) is 5.66. The zero-order valence-corrected chi connectivity index (χ0v) is 25.8. The van der Waals surface area contributed by atoms with Gasteiger partial charge in [0.1, 0.15) is 5.75 Å². The summed E-state index contributed by atoms with van der Waals surface area (Å²) >= 11 is 0. The highest BCUT2D eigenvalue weighted by Crippen LogP contribution is 2.47. The lowest BCUT2D eigenvalue weighted by Crippen LogP contribution is -2.29. The summed E-state index contributed by atoms with van der Waals surface area (Å²) in [5, 5.41) is 16.8. The number of phenols is 1. The average Bonchev–Trinajstić information content (AvgIpc) is 3.83. The van der Waals surface area contributed by atoms with Crippen molar-refractivity contribution in [1.29, 1.82) is 0 Å². The predicted molar refractivity (Wildman–Crippen MR) is 171 cm³/mol. The molecule has 2 aromatic carbocycles. The Labute approximate surface area is 262 Å². The molecule has 4 aromatic rings. The van der Waals surface area contributed by atoms with Gasteiger partial charge in [-0.1, -0.05) is 26.0 Å². The number of benzene rings is 2. The smallest absolute Gasteiger partial charge is 0.253 e. The van der Waals surface area contributed by atoms with E-state index in [-0.39, 0.29) is 34.9 Å². The summed E-state index contributed by atoms with van der Waals surface area (Å²) in [6.45, 7) is 4.15. The lowest BCUT2D eigenvalue weighted by Gasteiger charge is -2.19. The molecule has 4 N–H and O–H groups in total. The van der Waals surface area contributed by atoms with Gasteiger partial charge in [0.15, 0.2) is 0 Å². The van der Waals surface area contributed by atoms with Crippen LogP contribution >= 0.6 is 0 Å². The maximum Gasteiger partial charge on any atom is 0.253 e. The van der Waals surface area contributed by atoms with E-state index in [2.05, 4.69) is 20.3 Å². The van der Waals surface area contributed by atoms with E-state index >= 15 is 0 Å². The fourth-order valence-corrected chi connectivity index (χ4v) is 7.11. The number of nitrogens with zero attached hydrogens (tertiary/aromatic N) is 2. The van der Waals surface area contributed by atoms with Crippen LogP contribution in [0.25, 0.3) is 16.8 Å². The number of rotatable bonds is 10. The summed E-state index contributed by atoms with van der Waals surface area (Å²) in [5.41, 5.74) is 3.29. The highest BCUT2D eigenvalue weighted by Gasteiger charge is 2.37. The Kier molecular flexibility index (Phi) is 8.39. The van der Waals surface area contributed by atoms with E-state index in [0.29, 0.717) is 34.2 Å². The molecule has 2 aromatic heterocycles. The van der Waals surface area contributed by atoms with Crippen molar-refractivity contribution in [2.75, 3.05) is 6.54 Å². The van der Waals surface area contributed by atoms with Gasteiger partial charge in [0.05, 0.1) is 22.5 Å². The van der Waals surface area contributed by atoms with E-state index in [0.717, 1.165) is 29.7 Å². The number of aromatic nitrogens is 2. The number of carbonyl (C=O) groups is 2. The topological polar surface area (TPSA) is 150 Å². The third kappa shape index (κ3) is 6.74. The number of aromatic hydroxyl groups is 1. The Balaban J connectivity index is 1.43. The first-order valence-corrected chi connectivity index (χ1v) is 16.5. The SMILES string of the molecule is CC(C)CNS(=O)(=O)c1cc2c(c3cnc(C4CC4)cc13)[C@H](NC(=O)/C=C/c1ccc(O)cc1)C[C@H]2NC(=O)c1cccnc1. The van der Waals surface area contributed by atoms with Gasteiger partial charge < -0.3 is 15.7 Å². The maximum absolute atomic E-state index is 13.8.